The summed E-state index contributed by atoms with van der Waals surface area (Å²) in [4.78, 5) is 15.8. The molecule has 1 aromatic carbocycles. The van der Waals surface area contributed by atoms with Gasteiger partial charge in [-0.15, -0.1) is 0 Å². The summed E-state index contributed by atoms with van der Waals surface area (Å²) in [6.07, 6.45) is 0.521. The highest BCUT2D eigenvalue weighted by atomic mass is 16.4. The zero-order chi connectivity index (χ0) is 17.0. The van der Waals surface area contributed by atoms with E-state index in [1.165, 1.54) is 12.3 Å². The predicted octanol–water partition coefficient (Wildman–Crippen LogP) is 2.04. The number of nitrogens with one attached hydrogen (secondary N) is 1. The van der Waals surface area contributed by atoms with E-state index in [9.17, 15) is 15.0 Å². The number of hydrogen-bond acceptors (Lipinski definition) is 5. The van der Waals surface area contributed by atoms with Crippen molar-refractivity contribution < 1.29 is 20.1 Å². The molecule has 0 saturated carbocycles. The van der Waals surface area contributed by atoms with E-state index in [-0.39, 0.29) is 17.8 Å². The molecule has 23 heavy (non-hydrogen) atoms. The van der Waals surface area contributed by atoms with E-state index in [0.29, 0.717) is 5.56 Å². The maximum absolute atomic E-state index is 11.6. The van der Waals surface area contributed by atoms with Crippen molar-refractivity contribution in [3.63, 3.8) is 0 Å². The van der Waals surface area contributed by atoms with E-state index >= 15 is 0 Å². The fourth-order valence-electron chi connectivity index (χ4n) is 2.45. The van der Waals surface area contributed by atoms with E-state index in [4.69, 9.17) is 5.11 Å². The van der Waals surface area contributed by atoms with Crippen molar-refractivity contribution in [2.75, 3.05) is 11.9 Å². The second-order valence-electron chi connectivity index (χ2n) is 5.43. The molecule has 1 aromatic heterocycles. The van der Waals surface area contributed by atoms with Crippen molar-refractivity contribution >= 4 is 17.5 Å². The second kappa shape index (κ2) is 7.21. The Morgan fingerprint density at radius 3 is 2.48 bits per heavy atom. The van der Waals surface area contributed by atoms with Crippen LogP contribution in [0.1, 0.15) is 27.0 Å². The van der Waals surface area contributed by atoms with Gasteiger partial charge in [-0.2, -0.15) is 0 Å². The number of aromatic carboxylic acids is 1. The molecule has 0 amide bonds. The molecule has 0 aliphatic carbocycles. The summed E-state index contributed by atoms with van der Waals surface area (Å²) in [5.41, 5.74) is 3.18. The van der Waals surface area contributed by atoms with Gasteiger partial charge >= 0.3 is 5.97 Å². The van der Waals surface area contributed by atoms with E-state index in [1.807, 2.05) is 32.0 Å². The fourth-order valence-corrected chi connectivity index (χ4v) is 2.45. The summed E-state index contributed by atoms with van der Waals surface area (Å²) in [6.45, 7) is 3.42. The Kier molecular flexibility index (Phi) is 5.31. The minimum absolute atomic E-state index is 0.00246. The van der Waals surface area contributed by atoms with Crippen LogP contribution < -0.4 is 5.32 Å². The van der Waals surface area contributed by atoms with Crippen LogP contribution in [0, 0.1) is 13.8 Å². The largest absolute Gasteiger partial charge is 0.478 e. The number of aliphatic hydroxyl groups is 2. The van der Waals surface area contributed by atoms with Gasteiger partial charge in [0.25, 0.3) is 0 Å². The Morgan fingerprint density at radius 2 is 1.91 bits per heavy atom. The lowest BCUT2D eigenvalue weighted by molar-refractivity contribution is 0.0692. The Hall–Kier alpha value is -2.44. The average molecular weight is 316 g/mol. The number of aliphatic hydroxyl groups excluding tert-OH is 2. The van der Waals surface area contributed by atoms with Crippen LogP contribution in [0.25, 0.3) is 0 Å². The van der Waals surface area contributed by atoms with Crippen LogP contribution in [-0.4, -0.2) is 39.0 Å². The Balaban J connectivity index is 2.46. The molecule has 0 spiro atoms. The molecule has 0 fully saturated rings. The standard InChI is InChI=1S/C17H20N2O4/c1-10-4-3-5-11(2)15(10)19-16-14(17(22)23)12(6-7-18-16)8-13(21)9-20/h3-7,13,20-21H,8-9H2,1-2H3,(H,18,19)(H,22,23). The first kappa shape index (κ1) is 16.9. The van der Waals surface area contributed by atoms with E-state index in [2.05, 4.69) is 10.3 Å². The van der Waals surface area contributed by atoms with Gasteiger partial charge in [-0.25, -0.2) is 9.78 Å². The van der Waals surface area contributed by atoms with Crippen LogP contribution in [0.5, 0.6) is 0 Å². The third-order valence-corrected chi connectivity index (χ3v) is 3.64. The molecule has 0 radical (unpaired) electrons. The molecule has 1 unspecified atom stereocenters. The van der Waals surface area contributed by atoms with Gasteiger partial charge in [0.2, 0.25) is 0 Å². The molecular formula is C17H20N2O4. The van der Waals surface area contributed by atoms with Gasteiger partial charge in [0, 0.05) is 18.3 Å². The van der Waals surface area contributed by atoms with E-state index < -0.39 is 18.7 Å². The van der Waals surface area contributed by atoms with Crippen molar-refractivity contribution in [3.05, 3.63) is 52.7 Å². The molecule has 0 bridgehead atoms. The van der Waals surface area contributed by atoms with Crippen molar-refractivity contribution in [1.82, 2.24) is 4.98 Å². The molecule has 0 saturated heterocycles. The van der Waals surface area contributed by atoms with Gasteiger partial charge in [-0.05, 0) is 36.6 Å². The topological polar surface area (TPSA) is 103 Å². The summed E-state index contributed by atoms with van der Waals surface area (Å²) in [6, 6.07) is 7.32. The SMILES string of the molecule is Cc1cccc(C)c1Nc1nccc(CC(O)CO)c1C(=O)O. The number of carboxylic acids is 1. The first-order valence-corrected chi connectivity index (χ1v) is 7.27. The van der Waals surface area contributed by atoms with Crippen molar-refractivity contribution in [3.8, 4) is 0 Å². The van der Waals surface area contributed by atoms with Gasteiger partial charge in [0.05, 0.1) is 12.7 Å². The van der Waals surface area contributed by atoms with E-state index in [0.717, 1.165) is 16.8 Å². The molecule has 1 atom stereocenters. The van der Waals surface area contributed by atoms with Crippen molar-refractivity contribution in [1.29, 1.82) is 0 Å². The molecule has 4 N–H and O–H groups in total. The zero-order valence-corrected chi connectivity index (χ0v) is 13.1. The lowest BCUT2D eigenvalue weighted by Crippen LogP contribution is -2.18. The number of carboxylic acid groups (broad SMARTS) is 1. The maximum atomic E-state index is 11.6. The minimum Gasteiger partial charge on any atom is -0.478 e. The molecule has 122 valence electrons. The smallest absolute Gasteiger partial charge is 0.339 e. The fraction of sp³-hybridized carbons (Fsp3) is 0.294. The number of aryl methyl sites for hydroxylation is 2. The molecule has 1 heterocycles. The van der Waals surface area contributed by atoms with Gasteiger partial charge < -0.3 is 20.6 Å². The van der Waals surface area contributed by atoms with Gasteiger partial charge in [-0.3, -0.25) is 0 Å². The summed E-state index contributed by atoms with van der Waals surface area (Å²) >= 11 is 0. The highest BCUT2D eigenvalue weighted by Gasteiger charge is 2.19. The number of nitrogens with zero attached hydrogens (tertiary/aromatic N) is 1. The number of hydrogen-bond donors (Lipinski definition) is 4. The van der Waals surface area contributed by atoms with Crippen LogP contribution in [0.3, 0.4) is 0 Å². The molecule has 2 aromatic rings. The third-order valence-electron chi connectivity index (χ3n) is 3.64. The Morgan fingerprint density at radius 1 is 1.26 bits per heavy atom. The first-order chi connectivity index (χ1) is 10.9. The summed E-state index contributed by atoms with van der Waals surface area (Å²) in [5, 5.41) is 31.2. The second-order valence-corrected chi connectivity index (χ2v) is 5.43. The number of carbonyl (C=O) groups is 1. The quantitative estimate of drug-likeness (QED) is 0.650. The summed E-state index contributed by atoms with van der Waals surface area (Å²) in [7, 11) is 0. The number of rotatable bonds is 6. The van der Waals surface area contributed by atoms with E-state index in [1.54, 1.807) is 0 Å². The summed E-state index contributed by atoms with van der Waals surface area (Å²) in [5.74, 6) is -0.912. The highest BCUT2D eigenvalue weighted by Crippen LogP contribution is 2.27. The Bertz CT molecular complexity index is 695. The van der Waals surface area contributed by atoms with Gasteiger partial charge in [-0.1, -0.05) is 18.2 Å². The lowest BCUT2D eigenvalue weighted by atomic mass is 10.0. The average Bonchev–Trinajstić information content (AvgIpc) is 2.50. The predicted molar refractivity (Wildman–Crippen MR) is 87.2 cm³/mol. The highest BCUT2D eigenvalue weighted by molar-refractivity contribution is 5.96. The minimum atomic E-state index is -1.13. The number of benzene rings is 1. The molecule has 2 rings (SSSR count). The monoisotopic (exact) mass is 316 g/mol. The zero-order valence-electron chi connectivity index (χ0n) is 13.1. The normalized spacial score (nSPS) is 12.0. The van der Waals surface area contributed by atoms with Gasteiger partial charge in [0.15, 0.2) is 0 Å². The number of pyridine rings is 1. The number of anilines is 2. The third kappa shape index (κ3) is 3.85. The van der Waals surface area contributed by atoms with Crippen LogP contribution in [0.4, 0.5) is 11.5 Å². The summed E-state index contributed by atoms with van der Waals surface area (Å²) < 4.78 is 0. The van der Waals surface area contributed by atoms with Gasteiger partial charge in [0.1, 0.15) is 11.4 Å². The van der Waals surface area contributed by atoms with Crippen molar-refractivity contribution in [2.45, 2.75) is 26.4 Å². The molecule has 0 aliphatic heterocycles. The van der Waals surface area contributed by atoms with Crippen LogP contribution >= 0.6 is 0 Å². The van der Waals surface area contributed by atoms with Crippen LogP contribution in [-0.2, 0) is 6.42 Å². The van der Waals surface area contributed by atoms with Crippen molar-refractivity contribution in [2.24, 2.45) is 0 Å². The molecule has 6 heteroatoms. The van der Waals surface area contributed by atoms with Crippen LogP contribution in [0.15, 0.2) is 30.5 Å². The number of aromatic nitrogens is 1. The maximum Gasteiger partial charge on any atom is 0.339 e. The number of para-hydroxylation sites is 1. The van der Waals surface area contributed by atoms with Crippen LogP contribution in [0.2, 0.25) is 0 Å². The molecular weight excluding hydrogens is 296 g/mol. The lowest BCUT2D eigenvalue weighted by Gasteiger charge is -2.16. The molecule has 0 aliphatic rings. The molecule has 6 nitrogen and oxygen atoms in total. The Labute approximate surface area is 134 Å². The first-order valence-electron chi connectivity index (χ1n) is 7.27.